The molecule has 0 atom stereocenters. The number of rotatable bonds is 5. The molecule has 28 heavy (non-hydrogen) atoms. The number of aryl methyl sites for hydroxylation is 2. The molecule has 0 aromatic carbocycles. The minimum Gasteiger partial charge on any atom is -0.301 e. The van der Waals surface area contributed by atoms with Gasteiger partial charge in [-0.15, -0.1) is 15.3 Å². The van der Waals surface area contributed by atoms with E-state index in [0.29, 0.717) is 17.2 Å². The summed E-state index contributed by atoms with van der Waals surface area (Å²) in [6.07, 6.45) is 3.34. The normalized spacial score (nSPS) is 11.8. The topological polar surface area (TPSA) is 120 Å². The van der Waals surface area contributed by atoms with Crippen LogP contribution >= 0.6 is 11.8 Å². The van der Waals surface area contributed by atoms with E-state index in [1.54, 1.807) is 28.8 Å². The maximum absolute atomic E-state index is 4.62. The van der Waals surface area contributed by atoms with E-state index in [4.69, 9.17) is 0 Å². The fourth-order valence-corrected chi connectivity index (χ4v) is 3.87. The lowest BCUT2D eigenvalue weighted by Crippen LogP contribution is -2.01. The maximum Gasteiger partial charge on any atom is 0.191 e. The van der Waals surface area contributed by atoms with Gasteiger partial charge in [-0.3, -0.25) is 9.78 Å². The minimum atomic E-state index is 0.570. The zero-order valence-corrected chi connectivity index (χ0v) is 16.3. The molecular formula is C16H17N11S. The molecule has 0 spiro atoms. The van der Waals surface area contributed by atoms with Gasteiger partial charge in [0.15, 0.2) is 28.1 Å². The number of fused-ring (bicyclic) bond motifs is 3. The Morgan fingerprint density at radius 2 is 2.11 bits per heavy atom. The third-order valence-electron chi connectivity index (χ3n) is 4.54. The van der Waals surface area contributed by atoms with Gasteiger partial charge in [0.25, 0.3) is 0 Å². The summed E-state index contributed by atoms with van der Waals surface area (Å²) in [5.41, 5.74) is 3.32. The molecule has 0 fully saturated rings. The first-order valence-electron chi connectivity index (χ1n) is 8.74. The summed E-state index contributed by atoms with van der Waals surface area (Å²) in [6, 6.07) is 2.01. The highest BCUT2D eigenvalue weighted by atomic mass is 32.2. The Hall–Kier alpha value is -3.28. The molecule has 5 aromatic rings. The first kappa shape index (κ1) is 16.9. The average molecular weight is 395 g/mol. The van der Waals surface area contributed by atoms with E-state index < -0.39 is 0 Å². The molecule has 0 unspecified atom stereocenters. The summed E-state index contributed by atoms with van der Waals surface area (Å²) in [7, 11) is 1.92. The summed E-state index contributed by atoms with van der Waals surface area (Å²) in [6.45, 7) is 4.83. The minimum absolute atomic E-state index is 0.570. The zero-order valence-electron chi connectivity index (χ0n) is 15.5. The van der Waals surface area contributed by atoms with Crippen LogP contribution in [-0.2, 0) is 19.3 Å². The van der Waals surface area contributed by atoms with Gasteiger partial charge < -0.3 is 4.57 Å². The highest BCUT2D eigenvalue weighted by Gasteiger charge is 2.17. The lowest BCUT2D eigenvalue weighted by Gasteiger charge is -2.04. The molecule has 5 rings (SSSR count). The number of nitrogens with zero attached hydrogens (tertiary/aromatic N) is 10. The maximum atomic E-state index is 4.62. The highest BCUT2D eigenvalue weighted by Crippen LogP contribution is 2.26. The van der Waals surface area contributed by atoms with Crippen molar-refractivity contribution in [2.45, 2.75) is 31.3 Å². The van der Waals surface area contributed by atoms with Crippen LogP contribution in [0.25, 0.3) is 28.2 Å². The lowest BCUT2D eigenvalue weighted by atomic mass is 10.3. The van der Waals surface area contributed by atoms with Crippen molar-refractivity contribution in [3.8, 4) is 11.5 Å². The Labute approximate surface area is 163 Å². The van der Waals surface area contributed by atoms with Crippen molar-refractivity contribution in [1.82, 2.24) is 54.3 Å². The van der Waals surface area contributed by atoms with Gasteiger partial charge in [0.05, 0.1) is 17.3 Å². The van der Waals surface area contributed by atoms with E-state index in [0.717, 1.165) is 39.9 Å². The SMILES string of the molecule is CCn1c(SCc2nc3c4cn[nH]c4ncn3n2)nnc1-c1cc(C)n(C)n1. The van der Waals surface area contributed by atoms with Gasteiger partial charge in [-0.25, -0.2) is 14.5 Å². The van der Waals surface area contributed by atoms with Crippen molar-refractivity contribution >= 4 is 28.4 Å². The van der Waals surface area contributed by atoms with Crippen LogP contribution in [0.3, 0.4) is 0 Å². The van der Waals surface area contributed by atoms with Gasteiger partial charge in [-0.05, 0) is 19.9 Å². The number of hydrogen-bond acceptors (Lipinski definition) is 8. The average Bonchev–Trinajstić information content (AvgIpc) is 3.45. The second-order valence-electron chi connectivity index (χ2n) is 6.31. The summed E-state index contributed by atoms with van der Waals surface area (Å²) in [5, 5.41) is 26.2. The van der Waals surface area contributed by atoms with Gasteiger partial charge in [-0.1, -0.05) is 11.8 Å². The first-order chi connectivity index (χ1) is 13.6. The summed E-state index contributed by atoms with van der Waals surface area (Å²) >= 11 is 1.55. The van der Waals surface area contributed by atoms with Gasteiger partial charge >= 0.3 is 0 Å². The largest absolute Gasteiger partial charge is 0.301 e. The zero-order chi connectivity index (χ0) is 19.3. The Bertz CT molecular complexity index is 1270. The molecule has 0 radical (unpaired) electrons. The van der Waals surface area contributed by atoms with Crippen LogP contribution in [0.4, 0.5) is 0 Å². The smallest absolute Gasteiger partial charge is 0.191 e. The van der Waals surface area contributed by atoms with Crippen molar-refractivity contribution in [2.75, 3.05) is 0 Å². The molecule has 0 aliphatic rings. The van der Waals surface area contributed by atoms with Crippen LogP contribution in [0, 0.1) is 6.92 Å². The van der Waals surface area contributed by atoms with Gasteiger partial charge in [0.2, 0.25) is 0 Å². The number of hydrogen-bond donors (Lipinski definition) is 1. The summed E-state index contributed by atoms with van der Waals surface area (Å²) in [4.78, 5) is 8.90. The molecular weight excluding hydrogens is 378 g/mol. The third-order valence-corrected chi connectivity index (χ3v) is 5.50. The van der Waals surface area contributed by atoms with Gasteiger partial charge in [-0.2, -0.15) is 10.2 Å². The van der Waals surface area contributed by atoms with Crippen molar-refractivity contribution in [1.29, 1.82) is 0 Å². The molecule has 0 saturated heterocycles. The van der Waals surface area contributed by atoms with Crippen molar-refractivity contribution in [3.63, 3.8) is 0 Å². The Morgan fingerprint density at radius 3 is 2.89 bits per heavy atom. The molecule has 1 N–H and O–H groups in total. The Kier molecular flexibility index (Phi) is 3.86. The monoisotopic (exact) mass is 395 g/mol. The highest BCUT2D eigenvalue weighted by molar-refractivity contribution is 7.98. The lowest BCUT2D eigenvalue weighted by molar-refractivity contribution is 0.681. The molecule has 5 heterocycles. The molecule has 5 aromatic heterocycles. The van der Waals surface area contributed by atoms with E-state index in [-0.39, 0.29) is 0 Å². The van der Waals surface area contributed by atoms with Crippen LogP contribution < -0.4 is 0 Å². The number of aromatic amines is 1. The van der Waals surface area contributed by atoms with Crippen molar-refractivity contribution in [3.05, 3.63) is 30.1 Å². The molecule has 0 saturated carbocycles. The van der Waals surface area contributed by atoms with Crippen LogP contribution in [-0.4, -0.2) is 54.3 Å². The fourth-order valence-electron chi connectivity index (χ4n) is 3.02. The predicted octanol–water partition coefficient (Wildman–Crippen LogP) is 1.61. The van der Waals surface area contributed by atoms with Crippen molar-refractivity contribution < 1.29 is 0 Å². The fraction of sp³-hybridized carbons (Fsp3) is 0.312. The van der Waals surface area contributed by atoms with Gasteiger partial charge in [0, 0.05) is 19.3 Å². The van der Waals surface area contributed by atoms with E-state index in [1.165, 1.54) is 0 Å². The molecule has 12 heteroatoms. The molecule has 142 valence electrons. The standard InChI is InChI=1S/C16H17N11S/c1-4-26-15(11-5-9(2)25(3)23-11)21-22-16(26)28-7-12-19-14-10-6-18-20-13(10)17-8-27(14)24-12/h5-6,8H,4,7H2,1-3H3,(H,18,20). The van der Waals surface area contributed by atoms with E-state index in [2.05, 4.69) is 52.1 Å². The first-order valence-corrected chi connectivity index (χ1v) is 9.73. The number of thioether (sulfide) groups is 1. The van der Waals surface area contributed by atoms with Crippen molar-refractivity contribution in [2.24, 2.45) is 7.05 Å². The van der Waals surface area contributed by atoms with Crippen LogP contribution in [0.5, 0.6) is 0 Å². The van der Waals surface area contributed by atoms with E-state index >= 15 is 0 Å². The van der Waals surface area contributed by atoms with Crippen LogP contribution in [0.1, 0.15) is 18.4 Å². The van der Waals surface area contributed by atoms with E-state index in [9.17, 15) is 0 Å². The predicted molar refractivity (Wildman–Crippen MR) is 103 cm³/mol. The molecule has 0 amide bonds. The Morgan fingerprint density at radius 1 is 1.21 bits per heavy atom. The summed E-state index contributed by atoms with van der Waals surface area (Å²) in [5.74, 6) is 2.03. The number of nitrogens with one attached hydrogen (secondary N) is 1. The van der Waals surface area contributed by atoms with E-state index in [1.807, 2.05) is 24.7 Å². The molecule has 0 bridgehead atoms. The molecule has 0 aliphatic carbocycles. The third kappa shape index (κ3) is 2.64. The second-order valence-corrected chi connectivity index (χ2v) is 7.25. The Balaban J connectivity index is 1.43. The molecule has 11 nitrogen and oxygen atoms in total. The van der Waals surface area contributed by atoms with Crippen LogP contribution in [0.2, 0.25) is 0 Å². The summed E-state index contributed by atoms with van der Waals surface area (Å²) < 4.78 is 5.56. The number of aromatic nitrogens is 11. The van der Waals surface area contributed by atoms with Crippen LogP contribution in [0.15, 0.2) is 23.7 Å². The van der Waals surface area contributed by atoms with Gasteiger partial charge in [0.1, 0.15) is 12.0 Å². The second kappa shape index (κ2) is 6.41. The molecule has 0 aliphatic heterocycles. The quantitative estimate of drug-likeness (QED) is 0.446. The number of H-pyrrole nitrogens is 1.